The van der Waals surface area contributed by atoms with E-state index in [9.17, 15) is 44.4 Å². The number of hydrogen-bond donors (Lipinski definition) is 4. The van der Waals surface area contributed by atoms with Crippen LogP contribution in [-0.2, 0) is 24.0 Å². The van der Waals surface area contributed by atoms with E-state index in [1.807, 2.05) is 20.8 Å². The molecule has 0 spiro atoms. The van der Waals surface area contributed by atoms with Crippen LogP contribution in [0.25, 0.3) is 0 Å². The van der Waals surface area contributed by atoms with Crippen molar-refractivity contribution in [3.8, 4) is 57.5 Å². The van der Waals surface area contributed by atoms with Gasteiger partial charge >= 0.3 is 29.8 Å². The number of phenols is 4. The molecular formula is C54H44Br14O15. The van der Waals surface area contributed by atoms with Crippen molar-refractivity contribution < 1.29 is 72.8 Å². The standard InChI is InChI=1S/C14H14Br4O3.C10H6Br4O3.C10H7Br3O3.C10H8Br2O3.C10H9BrO3/c1-6(2)13(19)20-11-7(15)9(17)12(10(18)8(11)16)21-14(3,4)5;1-3(2)10(16)17-9-7(14)5(12)4(11)6(13)8(9)15;1-4(2)10(15)16-9-6(12)3-5(11)8(14)7(9)13;1-5(2)10(14)15-9-4-6(11)8(13)3-7(9)12;1-6(2)10(13)14-8-5-3-4-7(12)9(8)11/h1H2,2-5H3;15H,1H2,2H3;3,14H,1H2,2H3;3-4,13H,1H2,2H3;3-5,12H,1H2,2H3. The summed E-state index contributed by atoms with van der Waals surface area (Å²) >= 11 is 45.6. The van der Waals surface area contributed by atoms with Crippen LogP contribution in [0.3, 0.4) is 0 Å². The van der Waals surface area contributed by atoms with Gasteiger partial charge in [-0.25, -0.2) is 24.0 Å². The number of aromatic hydroxyl groups is 4. The van der Waals surface area contributed by atoms with E-state index in [0.29, 0.717) is 96.6 Å². The predicted octanol–water partition coefficient (Wildman–Crippen LogP) is 21.5. The molecule has 0 amide bonds. The molecule has 0 aliphatic carbocycles. The zero-order valence-electron chi connectivity index (χ0n) is 44.1. The molecule has 4 N–H and O–H groups in total. The summed E-state index contributed by atoms with van der Waals surface area (Å²) in [6, 6.07) is 9.17. The number of benzene rings is 5. The molecule has 5 rings (SSSR count). The van der Waals surface area contributed by atoms with Gasteiger partial charge in [0.1, 0.15) is 43.3 Å². The first-order valence-electron chi connectivity index (χ1n) is 22.0. The molecule has 0 heterocycles. The predicted molar refractivity (Wildman–Crippen MR) is 369 cm³/mol. The summed E-state index contributed by atoms with van der Waals surface area (Å²) in [7, 11) is 0. The smallest absolute Gasteiger partial charge is 0.338 e. The third-order valence-electron chi connectivity index (χ3n) is 8.57. The quantitative estimate of drug-likeness (QED) is 0.0317. The molecule has 83 heavy (non-hydrogen) atoms. The summed E-state index contributed by atoms with van der Waals surface area (Å²) in [6.07, 6.45) is 0. The highest BCUT2D eigenvalue weighted by Crippen LogP contribution is 2.52. The molecule has 0 bridgehead atoms. The van der Waals surface area contributed by atoms with Crippen LogP contribution in [0.4, 0.5) is 0 Å². The van der Waals surface area contributed by atoms with Gasteiger partial charge in [-0.2, -0.15) is 0 Å². The van der Waals surface area contributed by atoms with E-state index in [1.54, 1.807) is 45.9 Å². The Balaban J connectivity index is 0.000000522. The third-order valence-corrected chi connectivity index (χ3v) is 21.4. The molecule has 29 heteroatoms. The largest absolute Gasteiger partial charge is 0.507 e. The Morgan fingerprint density at radius 1 is 0.361 bits per heavy atom. The number of carbonyl (C=O) groups is 5. The van der Waals surface area contributed by atoms with Crippen molar-refractivity contribution in [1.29, 1.82) is 0 Å². The van der Waals surface area contributed by atoms with Gasteiger partial charge in [-0.15, -0.1) is 0 Å². The minimum Gasteiger partial charge on any atom is -0.507 e. The first-order valence-corrected chi connectivity index (χ1v) is 33.1. The van der Waals surface area contributed by atoms with E-state index in [0.717, 1.165) is 0 Å². The molecule has 5 aromatic carbocycles. The van der Waals surface area contributed by atoms with Gasteiger partial charge in [0, 0.05) is 33.9 Å². The first kappa shape index (κ1) is 78.9. The van der Waals surface area contributed by atoms with Gasteiger partial charge in [-0.05, 0) is 303 Å². The third kappa shape index (κ3) is 24.4. The fourth-order valence-electron chi connectivity index (χ4n) is 4.51. The van der Waals surface area contributed by atoms with E-state index in [4.69, 9.17) is 28.4 Å². The van der Waals surface area contributed by atoms with Crippen molar-refractivity contribution in [3.63, 3.8) is 0 Å². The molecule has 0 saturated carbocycles. The van der Waals surface area contributed by atoms with Crippen molar-refractivity contribution in [3.05, 3.63) is 160 Å². The topological polar surface area (TPSA) is 222 Å². The number of halogens is 14. The van der Waals surface area contributed by atoms with Gasteiger partial charge in [0.05, 0.1) is 53.7 Å². The number of carbonyl (C=O) groups excluding carboxylic acids is 5. The molecule has 0 fully saturated rings. The van der Waals surface area contributed by atoms with Crippen LogP contribution in [0.2, 0.25) is 0 Å². The van der Waals surface area contributed by atoms with E-state index < -0.39 is 29.8 Å². The molecule has 0 unspecified atom stereocenters. The maximum Gasteiger partial charge on any atom is 0.338 e. The van der Waals surface area contributed by atoms with Crippen LogP contribution in [0.5, 0.6) is 57.5 Å². The number of phenolic OH excluding ortho intramolecular Hbond substituents is 4. The zero-order valence-corrected chi connectivity index (χ0v) is 66.3. The van der Waals surface area contributed by atoms with E-state index in [1.165, 1.54) is 25.1 Å². The Bertz CT molecular complexity index is 3370. The van der Waals surface area contributed by atoms with Gasteiger partial charge in [0.2, 0.25) is 0 Å². The lowest BCUT2D eigenvalue weighted by Gasteiger charge is -2.25. The summed E-state index contributed by atoms with van der Waals surface area (Å²) < 4.78 is 38.4. The average molecular weight is 2050 g/mol. The second-order valence-electron chi connectivity index (χ2n) is 17.1. The maximum absolute atomic E-state index is 11.7. The van der Waals surface area contributed by atoms with Crippen molar-refractivity contribution in [2.24, 2.45) is 0 Å². The van der Waals surface area contributed by atoms with Crippen molar-refractivity contribution in [2.75, 3.05) is 0 Å². The molecular weight excluding hydrogens is 2010 g/mol. The normalized spacial score (nSPS) is 10.2. The summed E-state index contributed by atoms with van der Waals surface area (Å²) in [6.45, 7) is 31.0. The molecule has 448 valence electrons. The van der Waals surface area contributed by atoms with Gasteiger partial charge in [0.15, 0.2) is 28.7 Å². The second kappa shape index (κ2) is 35.8. The number of hydrogen-bond acceptors (Lipinski definition) is 15. The highest BCUT2D eigenvalue weighted by molar-refractivity contribution is 9.15. The van der Waals surface area contributed by atoms with Gasteiger partial charge in [-0.1, -0.05) is 39.0 Å². The average Bonchev–Trinajstić information content (AvgIpc) is 3.61. The first-order chi connectivity index (χ1) is 38.0. The van der Waals surface area contributed by atoms with Crippen LogP contribution >= 0.6 is 223 Å². The molecule has 0 aliphatic heterocycles. The Morgan fingerprint density at radius 2 is 0.735 bits per heavy atom. The van der Waals surface area contributed by atoms with E-state index in [2.05, 4.69) is 256 Å². The van der Waals surface area contributed by atoms with Crippen LogP contribution in [0.15, 0.2) is 160 Å². The lowest BCUT2D eigenvalue weighted by Crippen LogP contribution is -2.23. The van der Waals surface area contributed by atoms with Crippen molar-refractivity contribution in [1.82, 2.24) is 0 Å². The molecule has 0 aliphatic rings. The lowest BCUT2D eigenvalue weighted by atomic mass is 10.2. The van der Waals surface area contributed by atoms with Crippen molar-refractivity contribution in [2.45, 2.75) is 61.0 Å². The van der Waals surface area contributed by atoms with Crippen LogP contribution in [0.1, 0.15) is 55.4 Å². The Kier molecular flexibility index (Phi) is 34.0. The Labute approximate surface area is 596 Å². The van der Waals surface area contributed by atoms with Crippen LogP contribution < -0.4 is 28.4 Å². The number of rotatable bonds is 11. The molecule has 15 nitrogen and oxygen atoms in total. The SMILES string of the molecule is C=C(C)C(=O)Oc1c(Br)c(Br)c(OC(C)(C)C)c(Br)c1Br.C=C(C)C(=O)Oc1c(Br)cc(Br)c(O)c1Br.C=C(C)C(=O)Oc1c(O)c(Br)c(Br)c(Br)c1Br.C=C(C)C(=O)Oc1cc(Br)c(O)cc1Br.C=C(C)C(=O)Oc1cccc(O)c1Br. The van der Waals surface area contributed by atoms with Gasteiger partial charge < -0.3 is 48.8 Å². The van der Waals surface area contributed by atoms with Crippen molar-refractivity contribution >= 4 is 253 Å². The monoisotopic (exact) mass is 2040 g/mol. The highest BCUT2D eigenvalue weighted by Gasteiger charge is 2.27. The summed E-state index contributed by atoms with van der Waals surface area (Å²) in [4.78, 5) is 56.9. The highest BCUT2D eigenvalue weighted by atomic mass is 79.9. The molecule has 0 atom stereocenters. The zero-order chi connectivity index (χ0) is 64.6. The lowest BCUT2D eigenvalue weighted by molar-refractivity contribution is -0.131. The Morgan fingerprint density at radius 3 is 1.17 bits per heavy atom. The maximum atomic E-state index is 11.7. The fraction of sp³-hybridized carbons (Fsp3) is 0.167. The molecule has 0 radical (unpaired) electrons. The number of esters is 5. The fourth-order valence-corrected chi connectivity index (χ4v) is 12.4. The number of ether oxygens (including phenoxy) is 6. The summed E-state index contributed by atoms with van der Waals surface area (Å²) in [5.41, 5.74) is 1.08. The van der Waals surface area contributed by atoms with Gasteiger partial charge in [-0.3, -0.25) is 0 Å². The van der Waals surface area contributed by atoms with Crippen LogP contribution in [-0.4, -0.2) is 55.9 Å². The van der Waals surface area contributed by atoms with E-state index in [-0.39, 0.29) is 57.0 Å². The van der Waals surface area contributed by atoms with Gasteiger partial charge in [0.25, 0.3) is 0 Å². The van der Waals surface area contributed by atoms with E-state index >= 15 is 0 Å². The molecule has 5 aromatic rings. The summed E-state index contributed by atoms with van der Waals surface area (Å²) in [5, 5.41) is 38.1. The second-order valence-corrected chi connectivity index (χ2v) is 28.4. The minimum absolute atomic E-state index is 0.0250. The Hall–Kier alpha value is -2.13. The summed E-state index contributed by atoms with van der Waals surface area (Å²) in [5.74, 6) is -1.00. The minimum atomic E-state index is -0.609. The van der Waals surface area contributed by atoms with Crippen LogP contribution in [0, 0.1) is 0 Å². The molecule has 0 aromatic heterocycles. The molecule has 0 saturated heterocycles.